The SMILES string of the molecule is Cc1cc2sc(=O)[nH]c2cc1-c1nc(C)c(C)c(C)c1C. The number of fused-ring (bicyclic) bond motifs is 1. The highest BCUT2D eigenvalue weighted by atomic mass is 32.1. The van der Waals surface area contributed by atoms with E-state index in [-0.39, 0.29) is 4.87 Å². The Morgan fingerprint density at radius 2 is 1.71 bits per heavy atom. The van der Waals surface area contributed by atoms with E-state index < -0.39 is 0 Å². The summed E-state index contributed by atoms with van der Waals surface area (Å²) < 4.78 is 0.999. The summed E-state index contributed by atoms with van der Waals surface area (Å²) in [6, 6.07) is 4.12. The standard InChI is InChI=1S/C17H18N2OS/c1-8-6-15-14(19-17(20)21-15)7-13(8)16-11(4)9(2)10(3)12(5)18-16/h6-7H,1-5H3,(H,19,20). The number of aromatic nitrogens is 2. The molecule has 0 fully saturated rings. The molecular weight excluding hydrogens is 280 g/mol. The summed E-state index contributed by atoms with van der Waals surface area (Å²) in [5.41, 5.74) is 8.96. The molecule has 1 aromatic carbocycles. The fourth-order valence-corrected chi connectivity index (χ4v) is 3.50. The third-order valence-corrected chi connectivity index (χ3v) is 5.17. The van der Waals surface area contributed by atoms with E-state index in [1.165, 1.54) is 28.0 Å². The van der Waals surface area contributed by atoms with E-state index in [0.29, 0.717) is 0 Å². The first-order chi connectivity index (χ1) is 9.88. The lowest BCUT2D eigenvalue weighted by Gasteiger charge is -2.15. The second-order valence-corrected chi connectivity index (χ2v) is 6.61. The number of aryl methyl sites for hydroxylation is 2. The molecule has 4 heteroatoms. The number of benzene rings is 1. The number of pyridine rings is 1. The van der Waals surface area contributed by atoms with Gasteiger partial charge in [0.2, 0.25) is 0 Å². The molecule has 0 atom stereocenters. The molecule has 21 heavy (non-hydrogen) atoms. The minimum Gasteiger partial charge on any atom is -0.312 e. The molecule has 0 aliphatic heterocycles. The fraction of sp³-hybridized carbons (Fsp3) is 0.294. The van der Waals surface area contributed by atoms with Crippen LogP contribution >= 0.6 is 11.3 Å². The number of hydrogen-bond acceptors (Lipinski definition) is 3. The van der Waals surface area contributed by atoms with Crippen LogP contribution in [0.15, 0.2) is 16.9 Å². The highest BCUT2D eigenvalue weighted by Gasteiger charge is 2.14. The Kier molecular flexibility index (Phi) is 3.21. The van der Waals surface area contributed by atoms with Crippen molar-refractivity contribution in [2.24, 2.45) is 0 Å². The first-order valence-corrected chi connectivity index (χ1v) is 7.78. The van der Waals surface area contributed by atoms with Gasteiger partial charge >= 0.3 is 4.87 Å². The average molecular weight is 298 g/mol. The van der Waals surface area contributed by atoms with Gasteiger partial charge < -0.3 is 4.98 Å². The van der Waals surface area contributed by atoms with Gasteiger partial charge in [-0.2, -0.15) is 0 Å². The molecule has 0 spiro atoms. The molecule has 3 nitrogen and oxygen atoms in total. The largest absolute Gasteiger partial charge is 0.312 e. The Bertz CT molecular complexity index is 919. The lowest BCUT2D eigenvalue weighted by molar-refractivity contribution is 1.09. The van der Waals surface area contributed by atoms with E-state index in [0.717, 1.165) is 32.7 Å². The van der Waals surface area contributed by atoms with E-state index in [2.05, 4.69) is 38.7 Å². The Hall–Kier alpha value is -1.94. The maximum Gasteiger partial charge on any atom is 0.305 e. The van der Waals surface area contributed by atoms with Gasteiger partial charge in [0.1, 0.15) is 0 Å². The Morgan fingerprint density at radius 3 is 2.43 bits per heavy atom. The minimum absolute atomic E-state index is 0.0116. The molecule has 0 saturated heterocycles. The Morgan fingerprint density at radius 1 is 1.00 bits per heavy atom. The zero-order chi connectivity index (χ0) is 15.3. The van der Waals surface area contributed by atoms with Gasteiger partial charge in [0.05, 0.1) is 15.9 Å². The number of rotatable bonds is 1. The van der Waals surface area contributed by atoms with E-state index >= 15 is 0 Å². The number of nitrogens with zero attached hydrogens (tertiary/aromatic N) is 1. The molecule has 0 saturated carbocycles. The van der Waals surface area contributed by atoms with Crippen molar-refractivity contribution in [3.63, 3.8) is 0 Å². The van der Waals surface area contributed by atoms with Crippen LogP contribution in [0.25, 0.3) is 21.5 Å². The van der Waals surface area contributed by atoms with Gasteiger partial charge in [0.15, 0.2) is 0 Å². The molecule has 1 N–H and O–H groups in total. The minimum atomic E-state index is -0.0116. The van der Waals surface area contributed by atoms with Gasteiger partial charge in [-0.1, -0.05) is 11.3 Å². The second-order valence-electron chi connectivity index (χ2n) is 5.60. The first kappa shape index (κ1) is 14.0. The number of H-pyrrole nitrogens is 1. The predicted molar refractivity (Wildman–Crippen MR) is 89.4 cm³/mol. The van der Waals surface area contributed by atoms with E-state index in [4.69, 9.17) is 4.98 Å². The maximum absolute atomic E-state index is 11.5. The molecule has 3 aromatic rings. The van der Waals surface area contributed by atoms with Crippen molar-refractivity contribution in [2.45, 2.75) is 34.6 Å². The van der Waals surface area contributed by atoms with Crippen LogP contribution in [0.2, 0.25) is 0 Å². The van der Waals surface area contributed by atoms with Crippen molar-refractivity contribution in [3.8, 4) is 11.3 Å². The molecule has 0 aliphatic rings. The number of thiazole rings is 1. The second kappa shape index (κ2) is 4.81. The molecule has 0 unspecified atom stereocenters. The highest BCUT2D eigenvalue weighted by molar-refractivity contribution is 7.16. The molecule has 0 amide bonds. The molecular formula is C17H18N2OS. The molecule has 0 aliphatic carbocycles. The van der Waals surface area contributed by atoms with E-state index in [1.807, 2.05) is 13.0 Å². The number of aromatic amines is 1. The van der Waals surface area contributed by atoms with Crippen LogP contribution in [0.5, 0.6) is 0 Å². The normalized spacial score (nSPS) is 11.3. The summed E-state index contributed by atoms with van der Waals surface area (Å²) >= 11 is 1.25. The van der Waals surface area contributed by atoms with Crippen LogP contribution in [-0.2, 0) is 0 Å². The smallest absolute Gasteiger partial charge is 0.305 e. The molecule has 3 rings (SSSR count). The van der Waals surface area contributed by atoms with E-state index in [9.17, 15) is 4.79 Å². The van der Waals surface area contributed by atoms with Crippen LogP contribution in [-0.4, -0.2) is 9.97 Å². The first-order valence-electron chi connectivity index (χ1n) is 6.96. The topological polar surface area (TPSA) is 45.8 Å². The van der Waals surface area contributed by atoms with Crippen LogP contribution in [0, 0.1) is 34.6 Å². The van der Waals surface area contributed by atoms with Crippen molar-refractivity contribution in [1.82, 2.24) is 9.97 Å². The Balaban J connectivity index is 2.34. The summed E-state index contributed by atoms with van der Waals surface area (Å²) in [4.78, 5) is 19.2. The summed E-state index contributed by atoms with van der Waals surface area (Å²) in [5, 5.41) is 0. The lowest BCUT2D eigenvalue weighted by Crippen LogP contribution is -2.00. The van der Waals surface area contributed by atoms with Gasteiger partial charge in [-0.25, -0.2) is 0 Å². The van der Waals surface area contributed by atoms with Gasteiger partial charge in [0, 0.05) is 11.3 Å². The van der Waals surface area contributed by atoms with Crippen LogP contribution in [0.4, 0.5) is 0 Å². The summed E-state index contributed by atoms with van der Waals surface area (Å²) in [6.07, 6.45) is 0. The van der Waals surface area contributed by atoms with Gasteiger partial charge in [-0.05, 0) is 69.0 Å². The quantitative estimate of drug-likeness (QED) is 0.732. The third kappa shape index (κ3) is 2.20. The van der Waals surface area contributed by atoms with Gasteiger partial charge in [-0.15, -0.1) is 0 Å². The number of hydrogen-bond donors (Lipinski definition) is 1. The van der Waals surface area contributed by atoms with Crippen LogP contribution < -0.4 is 4.87 Å². The summed E-state index contributed by atoms with van der Waals surface area (Å²) in [6.45, 7) is 10.5. The average Bonchev–Trinajstić information content (AvgIpc) is 2.79. The molecule has 2 heterocycles. The molecule has 2 aromatic heterocycles. The molecule has 0 bridgehead atoms. The lowest BCUT2D eigenvalue weighted by atomic mass is 9.95. The van der Waals surface area contributed by atoms with Crippen molar-refractivity contribution < 1.29 is 0 Å². The summed E-state index contributed by atoms with van der Waals surface area (Å²) in [5.74, 6) is 0. The summed E-state index contributed by atoms with van der Waals surface area (Å²) in [7, 11) is 0. The van der Waals surface area contributed by atoms with Crippen LogP contribution in [0.1, 0.15) is 27.9 Å². The predicted octanol–water partition coefficient (Wildman–Crippen LogP) is 4.19. The van der Waals surface area contributed by atoms with Crippen molar-refractivity contribution in [3.05, 3.63) is 49.7 Å². The molecule has 0 radical (unpaired) electrons. The third-order valence-electron chi connectivity index (χ3n) is 4.32. The fourth-order valence-electron chi connectivity index (χ4n) is 2.68. The van der Waals surface area contributed by atoms with Gasteiger partial charge in [-0.3, -0.25) is 9.78 Å². The Labute approximate surface area is 127 Å². The monoisotopic (exact) mass is 298 g/mol. The zero-order valence-electron chi connectivity index (χ0n) is 12.9. The maximum atomic E-state index is 11.5. The number of nitrogens with one attached hydrogen (secondary N) is 1. The van der Waals surface area contributed by atoms with Crippen molar-refractivity contribution in [1.29, 1.82) is 0 Å². The molecule has 108 valence electrons. The van der Waals surface area contributed by atoms with Crippen LogP contribution in [0.3, 0.4) is 0 Å². The van der Waals surface area contributed by atoms with Crippen molar-refractivity contribution in [2.75, 3.05) is 0 Å². The zero-order valence-corrected chi connectivity index (χ0v) is 13.7. The van der Waals surface area contributed by atoms with E-state index in [1.54, 1.807) is 0 Å². The van der Waals surface area contributed by atoms with Gasteiger partial charge in [0.25, 0.3) is 0 Å². The van der Waals surface area contributed by atoms with Crippen molar-refractivity contribution >= 4 is 21.6 Å². The highest BCUT2D eigenvalue weighted by Crippen LogP contribution is 2.32.